The molecule has 0 saturated carbocycles. The Hall–Kier alpha value is -2.87. The van der Waals surface area contributed by atoms with Crippen LogP contribution in [0.25, 0.3) is 11.3 Å². The van der Waals surface area contributed by atoms with Gasteiger partial charge >= 0.3 is 0 Å². The van der Waals surface area contributed by atoms with Crippen LogP contribution in [0.3, 0.4) is 0 Å². The third kappa shape index (κ3) is 6.66. The SMILES string of the molecule is CC(C)Oc1ccc(C(=O)NC(CCO)C(O)c2ccc(-c3cn(C)c(C(C)(C)C)n3)cc2)cc1Cl. The number of hydrogen-bond acceptors (Lipinski definition) is 5. The van der Waals surface area contributed by atoms with Gasteiger partial charge in [-0.05, 0) is 44.0 Å². The van der Waals surface area contributed by atoms with E-state index in [1.54, 1.807) is 12.1 Å². The summed E-state index contributed by atoms with van der Waals surface area (Å²) in [6.45, 7) is 9.96. The lowest BCUT2D eigenvalue weighted by atomic mass is 9.96. The second kappa shape index (κ2) is 11.5. The number of ether oxygens (including phenoxy) is 1. The number of aliphatic hydroxyl groups excluding tert-OH is 2. The van der Waals surface area contributed by atoms with Crippen LogP contribution in [0.4, 0.5) is 0 Å². The summed E-state index contributed by atoms with van der Waals surface area (Å²) in [5.41, 5.74) is 2.67. The van der Waals surface area contributed by atoms with Crippen molar-refractivity contribution in [3.63, 3.8) is 0 Å². The average molecular weight is 514 g/mol. The minimum Gasteiger partial charge on any atom is -0.489 e. The van der Waals surface area contributed by atoms with Crippen LogP contribution in [0.2, 0.25) is 5.02 Å². The Bertz CT molecular complexity index is 1180. The molecular weight excluding hydrogens is 478 g/mol. The minimum atomic E-state index is -1.01. The minimum absolute atomic E-state index is 0.0455. The van der Waals surface area contributed by atoms with Crippen LogP contribution in [0.5, 0.6) is 5.75 Å². The lowest BCUT2D eigenvalue weighted by Gasteiger charge is -2.24. The Kier molecular flexibility index (Phi) is 8.82. The van der Waals surface area contributed by atoms with E-state index in [0.29, 0.717) is 21.9 Å². The van der Waals surface area contributed by atoms with Crippen molar-refractivity contribution in [2.45, 2.75) is 64.7 Å². The molecule has 1 aromatic heterocycles. The Balaban J connectivity index is 1.75. The fourth-order valence-corrected chi connectivity index (χ4v) is 4.30. The monoisotopic (exact) mass is 513 g/mol. The quantitative estimate of drug-likeness (QED) is 0.372. The van der Waals surface area contributed by atoms with Crippen molar-refractivity contribution in [3.8, 4) is 17.0 Å². The maximum atomic E-state index is 12.9. The molecule has 2 atom stereocenters. The Morgan fingerprint density at radius 1 is 1.17 bits per heavy atom. The number of benzene rings is 2. The van der Waals surface area contributed by atoms with Crippen LogP contribution in [0, 0.1) is 0 Å². The molecule has 8 heteroatoms. The van der Waals surface area contributed by atoms with Crippen molar-refractivity contribution in [2.24, 2.45) is 7.05 Å². The summed E-state index contributed by atoms with van der Waals surface area (Å²) in [6, 6.07) is 11.5. The number of aliphatic hydroxyl groups is 2. The second-order valence-corrected chi connectivity index (χ2v) is 10.7. The molecular formula is C28H36ClN3O4. The largest absolute Gasteiger partial charge is 0.489 e. The summed E-state index contributed by atoms with van der Waals surface area (Å²) in [5.74, 6) is 1.08. The highest BCUT2D eigenvalue weighted by Crippen LogP contribution is 2.29. The maximum absolute atomic E-state index is 12.9. The van der Waals surface area contributed by atoms with Crippen molar-refractivity contribution in [1.29, 1.82) is 0 Å². The van der Waals surface area contributed by atoms with E-state index >= 15 is 0 Å². The predicted octanol–water partition coefficient (Wildman–Crippen LogP) is 5.04. The van der Waals surface area contributed by atoms with Gasteiger partial charge in [0.1, 0.15) is 11.6 Å². The van der Waals surface area contributed by atoms with Gasteiger partial charge in [0.25, 0.3) is 5.91 Å². The molecule has 1 heterocycles. The first-order chi connectivity index (χ1) is 16.9. The topological polar surface area (TPSA) is 96.6 Å². The molecule has 2 unspecified atom stereocenters. The molecule has 0 spiro atoms. The molecule has 0 aliphatic heterocycles. The zero-order valence-corrected chi connectivity index (χ0v) is 22.5. The van der Waals surface area contributed by atoms with E-state index in [4.69, 9.17) is 21.3 Å². The predicted molar refractivity (Wildman–Crippen MR) is 142 cm³/mol. The molecule has 2 aromatic carbocycles. The molecule has 0 fully saturated rings. The lowest BCUT2D eigenvalue weighted by Crippen LogP contribution is -2.40. The molecule has 0 bridgehead atoms. The molecule has 3 rings (SSSR count). The van der Waals surface area contributed by atoms with E-state index in [-0.39, 0.29) is 24.5 Å². The number of nitrogens with zero attached hydrogens (tertiary/aromatic N) is 2. The van der Waals surface area contributed by atoms with Crippen LogP contribution in [-0.4, -0.2) is 44.4 Å². The van der Waals surface area contributed by atoms with Gasteiger partial charge in [-0.2, -0.15) is 0 Å². The number of nitrogens with one attached hydrogen (secondary N) is 1. The summed E-state index contributed by atoms with van der Waals surface area (Å²) in [7, 11) is 1.98. The molecule has 0 radical (unpaired) electrons. The molecule has 36 heavy (non-hydrogen) atoms. The van der Waals surface area contributed by atoms with Crippen LogP contribution in [-0.2, 0) is 12.5 Å². The molecule has 0 saturated heterocycles. The van der Waals surface area contributed by atoms with Gasteiger partial charge in [-0.15, -0.1) is 0 Å². The fourth-order valence-electron chi connectivity index (χ4n) is 4.08. The molecule has 0 aliphatic carbocycles. The first-order valence-electron chi connectivity index (χ1n) is 12.1. The van der Waals surface area contributed by atoms with E-state index in [2.05, 4.69) is 26.1 Å². The summed E-state index contributed by atoms with van der Waals surface area (Å²) in [4.78, 5) is 17.7. The highest BCUT2D eigenvalue weighted by Gasteiger charge is 2.24. The van der Waals surface area contributed by atoms with Gasteiger partial charge < -0.3 is 24.8 Å². The van der Waals surface area contributed by atoms with E-state index < -0.39 is 18.1 Å². The molecule has 3 aromatic rings. The smallest absolute Gasteiger partial charge is 0.251 e. The first kappa shape index (κ1) is 27.7. The second-order valence-electron chi connectivity index (χ2n) is 10.3. The summed E-state index contributed by atoms with van der Waals surface area (Å²) in [6.07, 6.45) is 1.12. The van der Waals surface area contributed by atoms with E-state index in [0.717, 1.165) is 17.1 Å². The third-order valence-electron chi connectivity index (χ3n) is 5.79. The van der Waals surface area contributed by atoms with Crippen molar-refractivity contribution in [3.05, 3.63) is 70.6 Å². The number of carbonyl (C=O) groups excluding carboxylic acids is 1. The summed E-state index contributed by atoms with van der Waals surface area (Å²) in [5, 5.41) is 23.7. The maximum Gasteiger partial charge on any atom is 0.251 e. The van der Waals surface area contributed by atoms with Gasteiger partial charge in [0.15, 0.2) is 0 Å². The van der Waals surface area contributed by atoms with Gasteiger partial charge in [0, 0.05) is 36.4 Å². The Labute approximate surface area is 218 Å². The summed E-state index contributed by atoms with van der Waals surface area (Å²) >= 11 is 6.27. The van der Waals surface area contributed by atoms with Crippen LogP contribution in [0.15, 0.2) is 48.7 Å². The summed E-state index contributed by atoms with van der Waals surface area (Å²) < 4.78 is 7.65. The van der Waals surface area contributed by atoms with E-state index in [1.807, 2.05) is 55.9 Å². The van der Waals surface area contributed by atoms with Crippen LogP contribution < -0.4 is 10.1 Å². The number of imidazole rings is 1. The number of hydrogen-bond donors (Lipinski definition) is 3. The lowest BCUT2D eigenvalue weighted by molar-refractivity contribution is 0.0789. The van der Waals surface area contributed by atoms with Gasteiger partial charge in [0.2, 0.25) is 0 Å². The van der Waals surface area contributed by atoms with Gasteiger partial charge in [0.05, 0.1) is 29.0 Å². The number of aryl methyl sites for hydroxylation is 1. The van der Waals surface area contributed by atoms with Crippen molar-refractivity contribution >= 4 is 17.5 Å². The van der Waals surface area contributed by atoms with Gasteiger partial charge in [-0.1, -0.05) is 56.6 Å². The number of carbonyl (C=O) groups is 1. The number of rotatable bonds is 9. The fraction of sp³-hybridized carbons (Fsp3) is 0.429. The van der Waals surface area contributed by atoms with Crippen LogP contribution in [0.1, 0.15) is 68.9 Å². The molecule has 3 N–H and O–H groups in total. The number of halogens is 1. The van der Waals surface area contributed by atoms with Crippen molar-refractivity contribution < 1.29 is 19.7 Å². The highest BCUT2D eigenvalue weighted by atomic mass is 35.5. The standard InChI is InChI=1S/C28H36ClN3O4/c1-17(2)36-24-12-11-20(15-21(24)29)26(35)30-22(13-14-33)25(34)19-9-7-18(8-10-19)23-16-32(6)27(31-23)28(3,4)5/h7-12,15-17,22,25,33-34H,13-14H2,1-6H3,(H,30,35). The normalized spacial score (nSPS) is 13.5. The molecule has 1 amide bonds. The van der Waals surface area contributed by atoms with Gasteiger partial charge in [-0.25, -0.2) is 4.98 Å². The number of aromatic nitrogens is 2. The highest BCUT2D eigenvalue weighted by molar-refractivity contribution is 6.32. The van der Waals surface area contributed by atoms with E-state index in [9.17, 15) is 15.0 Å². The van der Waals surface area contributed by atoms with Crippen LogP contribution >= 0.6 is 11.6 Å². The van der Waals surface area contributed by atoms with Crippen molar-refractivity contribution in [1.82, 2.24) is 14.9 Å². The van der Waals surface area contributed by atoms with Crippen molar-refractivity contribution in [2.75, 3.05) is 6.61 Å². The number of amides is 1. The zero-order chi connectivity index (χ0) is 26.6. The third-order valence-corrected chi connectivity index (χ3v) is 6.08. The first-order valence-corrected chi connectivity index (χ1v) is 12.5. The molecule has 7 nitrogen and oxygen atoms in total. The molecule has 194 valence electrons. The van der Waals surface area contributed by atoms with Gasteiger partial charge in [-0.3, -0.25) is 4.79 Å². The Morgan fingerprint density at radius 2 is 1.83 bits per heavy atom. The molecule has 0 aliphatic rings. The zero-order valence-electron chi connectivity index (χ0n) is 21.7. The average Bonchev–Trinajstić information content (AvgIpc) is 3.21. The van der Waals surface area contributed by atoms with E-state index in [1.165, 1.54) is 6.07 Å². The Morgan fingerprint density at radius 3 is 2.36 bits per heavy atom.